The van der Waals surface area contributed by atoms with Gasteiger partial charge in [0.05, 0.1) is 12.0 Å². The molecule has 0 aromatic heterocycles. The van der Waals surface area contributed by atoms with Crippen LogP contribution in [0, 0.1) is 23.2 Å². The first-order valence-electron chi connectivity index (χ1n) is 6.02. The molecule has 0 spiro atoms. The largest absolute Gasteiger partial charge is 0.303 e. The van der Waals surface area contributed by atoms with Gasteiger partial charge >= 0.3 is 0 Å². The minimum absolute atomic E-state index is 0.358. The molecule has 0 unspecified atom stereocenters. The minimum atomic E-state index is 0.358. The molecule has 0 aromatic rings. The maximum Gasteiger partial charge on any atom is 0.0659 e. The lowest BCUT2D eigenvalue weighted by atomic mass is 9.96. The third kappa shape index (κ3) is 2.27. The lowest BCUT2D eigenvalue weighted by Crippen LogP contribution is -2.35. The molecule has 1 aliphatic heterocycles. The van der Waals surface area contributed by atoms with Gasteiger partial charge in [-0.15, -0.1) is 0 Å². The number of rotatable bonds is 2. The van der Waals surface area contributed by atoms with E-state index >= 15 is 0 Å². The van der Waals surface area contributed by atoms with Crippen LogP contribution in [0.4, 0.5) is 0 Å². The Morgan fingerprint density at radius 3 is 2.57 bits per heavy atom. The van der Waals surface area contributed by atoms with E-state index in [0.29, 0.717) is 11.8 Å². The average molecular weight is 192 g/mol. The van der Waals surface area contributed by atoms with Crippen molar-refractivity contribution in [2.45, 2.75) is 38.5 Å². The highest BCUT2D eigenvalue weighted by Crippen LogP contribution is 2.32. The highest BCUT2D eigenvalue weighted by Gasteiger charge is 2.28. The number of hydrogen-bond donors (Lipinski definition) is 0. The summed E-state index contributed by atoms with van der Waals surface area (Å²) in [5, 5.41) is 9.00. The summed E-state index contributed by atoms with van der Waals surface area (Å²) in [6.45, 7) is 3.74. The van der Waals surface area contributed by atoms with Crippen LogP contribution in [0.25, 0.3) is 0 Å². The molecule has 2 fully saturated rings. The van der Waals surface area contributed by atoms with Crippen molar-refractivity contribution in [1.29, 1.82) is 5.26 Å². The van der Waals surface area contributed by atoms with E-state index in [9.17, 15) is 0 Å². The smallest absolute Gasteiger partial charge is 0.0659 e. The van der Waals surface area contributed by atoms with Crippen LogP contribution in [0.2, 0.25) is 0 Å². The fourth-order valence-corrected chi connectivity index (χ4v) is 2.90. The van der Waals surface area contributed by atoms with Crippen LogP contribution in [-0.4, -0.2) is 24.5 Å². The zero-order chi connectivity index (χ0) is 9.80. The molecule has 2 heteroatoms. The van der Waals surface area contributed by atoms with E-state index in [-0.39, 0.29) is 0 Å². The standard InChI is InChI=1S/C12H20N2/c13-9-11-5-4-6-12(11)10-14-7-2-1-3-8-14/h11-12H,1-8,10H2/t11-,12+/m1/s1. The van der Waals surface area contributed by atoms with Crippen molar-refractivity contribution < 1.29 is 0 Å². The fraction of sp³-hybridized carbons (Fsp3) is 0.917. The van der Waals surface area contributed by atoms with Crippen molar-refractivity contribution in [2.75, 3.05) is 19.6 Å². The maximum absolute atomic E-state index is 9.00. The SMILES string of the molecule is N#C[C@H]1CCC[C@H]1CN1CCCCC1. The highest BCUT2D eigenvalue weighted by molar-refractivity contribution is 4.93. The third-order valence-corrected chi connectivity index (χ3v) is 3.77. The Morgan fingerprint density at radius 1 is 1.07 bits per heavy atom. The van der Waals surface area contributed by atoms with Gasteiger partial charge in [0.25, 0.3) is 0 Å². The molecule has 2 nitrogen and oxygen atoms in total. The maximum atomic E-state index is 9.00. The van der Waals surface area contributed by atoms with Gasteiger partial charge in [-0.3, -0.25) is 0 Å². The summed E-state index contributed by atoms with van der Waals surface area (Å²) in [4.78, 5) is 2.57. The Balaban J connectivity index is 1.81. The minimum Gasteiger partial charge on any atom is -0.303 e. The molecule has 1 aliphatic carbocycles. The van der Waals surface area contributed by atoms with Gasteiger partial charge < -0.3 is 4.90 Å². The van der Waals surface area contributed by atoms with Gasteiger partial charge in [0.1, 0.15) is 0 Å². The Kier molecular flexibility index (Phi) is 3.42. The highest BCUT2D eigenvalue weighted by atomic mass is 15.1. The normalized spacial score (nSPS) is 34.2. The van der Waals surface area contributed by atoms with Crippen LogP contribution in [-0.2, 0) is 0 Å². The average Bonchev–Trinajstić information content (AvgIpc) is 2.67. The molecule has 2 atom stereocenters. The zero-order valence-corrected chi connectivity index (χ0v) is 8.91. The molecule has 14 heavy (non-hydrogen) atoms. The van der Waals surface area contributed by atoms with Crippen LogP contribution >= 0.6 is 0 Å². The second kappa shape index (κ2) is 4.79. The molecule has 0 aromatic carbocycles. The third-order valence-electron chi connectivity index (χ3n) is 3.77. The number of piperidine rings is 1. The Hall–Kier alpha value is -0.550. The Bertz CT molecular complexity index is 213. The lowest BCUT2D eigenvalue weighted by molar-refractivity contribution is 0.186. The summed E-state index contributed by atoms with van der Waals surface area (Å²) in [5.74, 6) is 1.04. The van der Waals surface area contributed by atoms with Gasteiger partial charge in [0.15, 0.2) is 0 Å². The van der Waals surface area contributed by atoms with E-state index in [1.807, 2.05) is 0 Å². The van der Waals surface area contributed by atoms with Crippen molar-refractivity contribution in [1.82, 2.24) is 4.90 Å². The molecule has 0 bridgehead atoms. The molecular formula is C12H20N2. The first kappa shape index (κ1) is 9.98. The molecule has 2 rings (SSSR count). The van der Waals surface area contributed by atoms with E-state index in [1.165, 1.54) is 51.7 Å². The number of likely N-dealkylation sites (tertiary alicyclic amines) is 1. The second-order valence-electron chi connectivity index (χ2n) is 4.79. The molecule has 1 heterocycles. The van der Waals surface area contributed by atoms with Crippen molar-refractivity contribution >= 4 is 0 Å². The van der Waals surface area contributed by atoms with Crippen LogP contribution in [0.5, 0.6) is 0 Å². The Labute approximate surface area is 86.9 Å². The molecular weight excluding hydrogens is 172 g/mol. The van der Waals surface area contributed by atoms with Crippen LogP contribution < -0.4 is 0 Å². The lowest BCUT2D eigenvalue weighted by Gasteiger charge is -2.29. The first-order chi connectivity index (χ1) is 6.90. The van der Waals surface area contributed by atoms with E-state index in [2.05, 4.69) is 11.0 Å². The van der Waals surface area contributed by atoms with Crippen molar-refractivity contribution in [3.8, 4) is 6.07 Å². The molecule has 0 radical (unpaired) electrons. The monoisotopic (exact) mass is 192 g/mol. The number of nitriles is 1. The molecule has 78 valence electrons. The van der Waals surface area contributed by atoms with Crippen LogP contribution in [0.1, 0.15) is 38.5 Å². The van der Waals surface area contributed by atoms with Crippen LogP contribution in [0.15, 0.2) is 0 Å². The van der Waals surface area contributed by atoms with Gasteiger partial charge in [0, 0.05) is 6.54 Å². The summed E-state index contributed by atoms with van der Waals surface area (Å²) in [6.07, 6.45) is 7.84. The Morgan fingerprint density at radius 2 is 1.86 bits per heavy atom. The quantitative estimate of drug-likeness (QED) is 0.672. The molecule has 2 aliphatic rings. The summed E-state index contributed by atoms with van der Waals surface area (Å²) < 4.78 is 0. The predicted octanol–water partition coefficient (Wildman–Crippen LogP) is 2.41. The molecule has 0 N–H and O–H groups in total. The first-order valence-corrected chi connectivity index (χ1v) is 6.02. The molecule has 1 saturated heterocycles. The zero-order valence-electron chi connectivity index (χ0n) is 8.91. The predicted molar refractivity (Wildman–Crippen MR) is 56.7 cm³/mol. The van der Waals surface area contributed by atoms with E-state index in [1.54, 1.807) is 0 Å². The van der Waals surface area contributed by atoms with Gasteiger partial charge in [0.2, 0.25) is 0 Å². The van der Waals surface area contributed by atoms with E-state index < -0.39 is 0 Å². The van der Waals surface area contributed by atoms with Crippen LogP contribution in [0.3, 0.4) is 0 Å². The summed E-state index contributed by atoms with van der Waals surface area (Å²) >= 11 is 0. The number of nitrogens with zero attached hydrogens (tertiary/aromatic N) is 2. The van der Waals surface area contributed by atoms with Gasteiger partial charge in [-0.2, -0.15) is 5.26 Å². The second-order valence-corrected chi connectivity index (χ2v) is 4.79. The fourth-order valence-electron chi connectivity index (χ4n) is 2.90. The molecule has 1 saturated carbocycles. The van der Waals surface area contributed by atoms with E-state index in [4.69, 9.17) is 5.26 Å². The summed E-state index contributed by atoms with van der Waals surface area (Å²) in [7, 11) is 0. The van der Waals surface area contributed by atoms with Crippen molar-refractivity contribution in [3.05, 3.63) is 0 Å². The summed E-state index contributed by atoms with van der Waals surface area (Å²) in [5.41, 5.74) is 0. The van der Waals surface area contributed by atoms with Gasteiger partial charge in [-0.1, -0.05) is 12.8 Å². The van der Waals surface area contributed by atoms with Crippen molar-refractivity contribution in [2.24, 2.45) is 11.8 Å². The van der Waals surface area contributed by atoms with E-state index in [0.717, 1.165) is 6.42 Å². The molecule has 0 amide bonds. The number of hydrogen-bond acceptors (Lipinski definition) is 2. The van der Waals surface area contributed by atoms with Gasteiger partial charge in [-0.25, -0.2) is 0 Å². The van der Waals surface area contributed by atoms with Gasteiger partial charge in [-0.05, 0) is 44.7 Å². The summed E-state index contributed by atoms with van der Waals surface area (Å²) in [6, 6.07) is 2.48. The topological polar surface area (TPSA) is 27.0 Å². The van der Waals surface area contributed by atoms with Crippen molar-refractivity contribution in [3.63, 3.8) is 0 Å².